The molecule has 8 heteroatoms. The summed E-state index contributed by atoms with van der Waals surface area (Å²) < 4.78 is 1.86. The highest BCUT2D eigenvalue weighted by atomic mass is 16.3. The van der Waals surface area contributed by atoms with Gasteiger partial charge in [-0.3, -0.25) is 9.69 Å². The Morgan fingerprint density at radius 3 is 2.61 bits per heavy atom. The summed E-state index contributed by atoms with van der Waals surface area (Å²) in [6.45, 7) is 13.7. The minimum absolute atomic E-state index is 0.0821. The molecular formula is C23H34N6O2. The van der Waals surface area contributed by atoms with E-state index in [2.05, 4.69) is 66.1 Å². The Balaban J connectivity index is 2.04. The summed E-state index contributed by atoms with van der Waals surface area (Å²) in [6, 6.07) is 7.87. The molecule has 0 amide bonds. The third-order valence-corrected chi connectivity index (χ3v) is 5.47. The average Bonchev–Trinajstić information content (AvgIpc) is 3.16. The summed E-state index contributed by atoms with van der Waals surface area (Å²) in [5.74, 6) is 0.973. The van der Waals surface area contributed by atoms with Crippen LogP contribution < -0.4 is 5.56 Å². The molecule has 2 heterocycles. The quantitative estimate of drug-likeness (QED) is 0.574. The predicted molar refractivity (Wildman–Crippen MR) is 122 cm³/mol. The maximum Gasteiger partial charge on any atom is 0.252 e. The van der Waals surface area contributed by atoms with Crippen LogP contribution >= 0.6 is 0 Å². The van der Waals surface area contributed by atoms with Gasteiger partial charge in [0.2, 0.25) is 0 Å². The fourth-order valence-electron chi connectivity index (χ4n) is 4.04. The number of aliphatic hydroxyl groups excluding tert-OH is 1. The number of hydrogen-bond acceptors (Lipinski definition) is 6. The molecule has 31 heavy (non-hydrogen) atoms. The lowest BCUT2D eigenvalue weighted by atomic mass is 9.98. The second kappa shape index (κ2) is 9.28. The van der Waals surface area contributed by atoms with E-state index in [4.69, 9.17) is 0 Å². The van der Waals surface area contributed by atoms with Gasteiger partial charge in [0.1, 0.15) is 0 Å². The summed E-state index contributed by atoms with van der Waals surface area (Å²) in [5, 5.41) is 23.1. The number of tetrazole rings is 1. The summed E-state index contributed by atoms with van der Waals surface area (Å²) in [5.41, 5.74) is 2.30. The van der Waals surface area contributed by atoms with Crippen LogP contribution in [0.5, 0.6) is 0 Å². The van der Waals surface area contributed by atoms with Gasteiger partial charge in [-0.25, -0.2) is 4.68 Å². The number of pyridine rings is 1. The molecule has 0 aliphatic rings. The summed E-state index contributed by atoms with van der Waals surface area (Å²) in [4.78, 5) is 18.1. The van der Waals surface area contributed by atoms with E-state index in [1.54, 1.807) is 0 Å². The van der Waals surface area contributed by atoms with Crippen LogP contribution in [0.25, 0.3) is 10.9 Å². The van der Waals surface area contributed by atoms with Crippen LogP contribution in [-0.2, 0) is 12.1 Å². The SMILES string of the molecule is Cc1ccc2[nH]c(=O)c(CN(CCCO)[C@@H](c3nnnn3C(C)(C)C)C(C)C)cc2c1. The van der Waals surface area contributed by atoms with Crippen LogP contribution in [0.4, 0.5) is 0 Å². The first-order valence-corrected chi connectivity index (χ1v) is 10.9. The van der Waals surface area contributed by atoms with Crippen molar-refractivity contribution in [3.63, 3.8) is 0 Å². The molecule has 0 saturated carbocycles. The van der Waals surface area contributed by atoms with Crippen LogP contribution in [0.15, 0.2) is 29.1 Å². The zero-order chi connectivity index (χ0) is 22.8. The molecule has 2 N–H and O–H groups in total. The molecule has 168 valence electrons. The fraction of sp³-hybridized carbons (Fsp3) is 0.565. The van der Waals surface area contributed by atoms with Gasteiger partial charge in [0.25, 0.3) is 5.56 Å². The van der Waals surface area contributed by atoms with Gasteiger partial charge in [-0.1, -0.05) is 25.5 Å². The number of nitrogens with zero attached hydrogens (tertiary/aromatic N) is 5. The molecule has 0 saturated heterocycles. The number of aromatic amines is 1. The highest BCUT2D eigenvalue weighted by molar-refractivity contribution is 5.79. The van der Waals surface area contributed by atoms with Crippen LogP contribution in [-0.4, -0.2) is 48.3 Å². The highest BCUT2D eigenvalue weighted by Crippen LogP contribution is 2.31. The molecule has 0 bridgehead atoms. The number of aryl methyl sites for hydroxylation is 1. The Kier molecular flexibility index (Phi) is 6.91. The van der Waals surface area contributed by atoms with Crippen molar-refractivity contribution in [1.29, 1.82) is 0 Å². The van der Waals surface area contributed by atoms with Crippen LogP contribution in [0.1, 0.15) is 64.0 Å². The van der Waals surface area contributed by atoms with Gasteiger partial charge in [0, 0.05) is 30.8 Å². The fourth-order valence-corrected chi connectivity index (χ4v) is 4.04. The van der Waals surface area contributed by atoms with E-state index in [1.165, 1.54) is 0 Å². The second-order valence-corrected chi connectivity index (χ2v) is 9.57. The van der Waals surface area contributed by atoms with Crippen molar-refractivity contribution < 1.29 is 5.11 Å². The van der Waals surface area contributed by atoms with Crippen molar-refractivity contribution in [2.75, 3.05) is 13.2 Å². The summed E-state index contributed by atoms with van der Waals surface area (Å²) in [7, 11) is 0. The van der Waals surface area contributed by atoms with Gasteiger partial charge in [-0.2, -0.15) is 0 Å². The van der Waals surface area contributed by atoms with Crippen molar-refractivity contribution in [3.05, 3.63) is 51.6 Å². The largest absolute Gasteiger partial charge is 0.396 e. The first-order valence-electron chi connectivity index (χ1n) is 10.9. The Morgan fingerprint density at radius 1 is 1.23 bits per heavy atom. The topological polar surface area (TPSA) is 99.9 Å². The predicted octanol–water partition coefficient (Wildman–Crippen LogP) is 3.16. The Labute approximate surface area is 183 Å². The lowest BCUT2D eigenvalue weighted by Gasteiger charge is -2.35. The normalized spacial score (nSPS) is 13.5. The molecule has 0 aliphatic heterocycles. The number of nitrogens with one attached hydrogen (secondary N) is 1. The van der Waals surface area contributed by atoms with E-state index in [0.717, 1.165) is 22.3 Å². The zero-order valence-electron chi connectivity index (χ0n) is 19.4. The van der Waals surface area contributed by atoms with Gasteiger partial charge in [0.05, 0.1) is 11.6 Å². The van der Waals surface area contributed by atoms with Crippen molar-refractivity contribution in [2.24, 2.45) is 5.92 Å². The number of rotatable bonds is 8. The van der Waals surface area contributed by atoms with E-state index >= 15 is 0 Å². The van der Waals surface area contributed by atoms with Crippen LogP contribution in [0.3, 0.4) is 0 Å². The van der Waals surface area contributed by atoms with Crippen LogP contribution in [0, 0.1) is 12.8 Å². The van der Waals surface area contributed by atoms with E-state index in [1.807, 2.05) is 29.8 Å². The standard InChI is InChI=1S/C23H34N6O2/c1-15(2)20(21-25-26-27-29(21)23(4,5)6)28(10-7-11-30)14-18-13-17-12-16(3)8-9-19(17)24-22(18)31/h8-9,12-13,15,20,30H,7,10-11,14H2,1-6H3,(H,24,31)/t20-/m1/s1. The van der Waals surface area contributed by atoms with Gasteiger partial charge >= 0.3 is 0 Å². The molecule has 1 atom stereocenters. The molecule has 0 spiro atoms. The molecule has 1 aromatic carbocycles. The van der Waals surface area contributed by atoms with E-state index in [9.17, 15) is 9.90 Å². The number of hydrogen-bond donors (Lipinski definition) is 2. The maximum atomic E-state index is 12.9. The lowest BCUT2D eigenvalue weighted by molar-refractivity contribution is 0.116. The molecule has 3 aromatic rings. The Morgan fingerprint density at radius 2 is 1.97 bits per heavy atom. The van der Waals surface area contributed by atoms with Crippen molar-refractivity contribution >= 4 is 10.9 Å². The lowest BCUT2D eigenvalue weighted by Crippen LogP contribution is -2.38. The maximum absolute atomic E-state index is 12.9. The van der Waals surface area contributed by atoms with Gasteiger partial charge in [0.15, 0.2) is 5.82 Å². The highest BCUT2D eigenvalue weighted by Gasteiger charge is 2.32. The minimum atomic E-state index is -0.271. The summed E-state index contributed by atoms with van der Waals surface area (Å²) >= 11 is 0. The summed E-state index contributed by atoms with van der Waals surface area (Å²) in [6.07, 6.45) is 0.602. The molecular weight excluding hydrogens is 392 g/mol. The van der Waals surface area contributed by atoms with Crippen LogP contribution in [0.2, 0.25) is 0 Å². The third-order valence-electron chi connectivity index (χ3n) is 5.47. The number of H-pyrrole nitrogens is 1. The molecule has 0 aliphatic carbocycles. The number of fused-ring (bicyclic) bond motifs is 1. The average molecular weight is 427 g/mol. The Bertz CT molecular complexity index is 1080. The molecule has 0 fully saturated rings. The smallest absolute Gasteiger partial charge is 0.252 e. The number of aliphatic hydroxyl groups is 1. The number of aromatic nitrogens is 5. The molecule has 0 radical (unpaired) electrons. The molecule has 0 unspecified atom stereocenters. The Hall–Kier alpha value is -2.58. The monoisotopic (exact) mass is 426 g/mol. The first kappa shape index (κ1) is 23.1. The van der Waals surface area contributed by atoms with Crippen molar-refractivity contribution in [1.82, 2.24) is 30.1 Å². The van der Waals surface area contributed by atoms with Gasteiger partial charge < -0.3 is 10.1 Å². The molecule has 3 rings (SSSR count). The van der Waals surface area contributed by atoms with Gasteiger partial charge in [-0.05, 0) is 74.0 Å². The number of benzene rings is 1. The van der Waals surface area contributed by atoms with Gasteiger partial charge in [-0.15, -0.1) is 5.10 Å². The zero-order valence-corrected chi connectivity index (χ0v) is 19.4. The third kappa shape index (κ3) is 5.19. The minimum Gasteiger partial charge on any atom is -0.396 e. The van der Waals surface area contributed by atoms with Crippen molar-refractivity contribution in [2.45, 2.75) is 66.1 Å². The molecule has 2 aromatic heterocycles. The van der Waals surface area contributed by atoms with E-state index in [-0.39, 0.29) is 29.7 Å². The van der Waals surface area contributed by atoms with Crippen molar-refractivity contribution in [3.8, 4) is 0 Å². The van der Waals surface area contributed by atoms with E-state index < -0.39 is 0 Å². The first-order chi connectivity index (χ1) is 14.6. The van der Waals surface area contributed by atoms with E-state index in [0.29, 0.717) is 25.1 Å². The second-order valence-electron chi connectivity index (χ2n) is 9.57. The molecule has 8 nitrogen and oxygen atoms in total.